The van der Waals surface area contributed by atoms with Crippen LogP contribution in [0.25, 0.3) is 0 Å². The van der Waals surface area contributed by atoms with Gasteiger partial charge in [-0.15, -0.1) is 0 Å². The van der Waals surface area contributed by atoms with Crippen LogP contribution in [0.5, 0.6) is 5.75 Å². The fourth-order valence-electron chi connectivity index (χ4n) is 2.82. The second-order valence-corrected chi connectivity index (χ2v) is 5.43. The Balaban J connectivity index is 1.79. The standard InChI is InChI=1S/C17H21NO2/c1-2-3-7-16(19)14-9-10-18-11-13-6-4-5-8-17(13)20-12-15(14)18/h4-6,8-9,12,16,19H,2-3,7,10-11H2,1H3. The first-order chi connectivity index (χ1) is 9.79. The molecule has 2 aliphatic rings. The van der Waals surface area contributed by atoms with E-state index in [1.807, 2.05) is 18.2 Å². The molecule has 3 heteroatoms. The van der Waals surface area contributed by atoms with E-state index in [9.17, 15) is 5.11 Å². The lowest BCUT2D eigenvalue weighted by molar-refractivity contribution is 0.196. The summed E-state index contributed by atoms with van der Waals surface area (Å²) in [4.78, 5) is 2.26. The minimum atomic E-state index is -0.379. The predicted octanol–water partition coefficient (Wildman–Crippen LogP) is 3.21. The average Bonchev–Trinajstić information content (AvgIpc) is 2.77. The van der Waals surface area contributed by atoms with Gasteiger partial charge in [0.1, 0.15) is 12.0 Å². The highest BCUT2D eigenvalue weighted by atomic mass is 16.5. The normalized spacial score (nSPS) is 18.4. The van der Waals surface area contributed by atoms with Gasteiger partial charge in [0.25, 0.3) is 0 Å². The molecular weight excluding hydrogens is 250 g/mol. The molecule has 0 amide bonds. The van der Waals surface area contributed by atoms with Crippen LogP contribution in [-0.4, -0.2) is 22.7 Å². The first-order valence-corrected chi connectivity index (χ1v) is 7.37. The Kier molecular flexibility index (Phi) is 3.79. The molecule has 1 aromatic carbocycles. The molecule has 3 rings (SSSR count). The highest BCUT2D eigenvalue weighted by molar-refractivity contribution is 5.43. The maximum absolute atomic E-state index is 10.3. The molecule has 0 radical (unpaired) electrons. The van der Waals surface area contributed by atoms with Gasteiger partial charge in [0.05, 0.1) is 11.8 Å². The largest absolute Gasteiger partial charge is 0.462 e. The summed E-state index contributed by atoms with van der Waals surface area (Å²) in [7, 11) is 0. The van der Waals surface area contributed by atoms with E-state index in [0.29, 0.717) is 0 Å². The molecule has 3 nitrogen and oxygen atoms in total. The smallest absolute Gasteiger partial charge is 0.131 e. The molecule has 1 aromatic rings. The molecule has 2 aliphatic heterocycles. The van der Waals surface area contributed by atoms with E-state index < -0.39 is 0 Å². The zero-order chi connectivity index (χ0) is 13.9. The van der Waals surface area contributed by atoms with Gasteiger partial charge in [-0.3, -0.25) is 0 Å². The van der Waals surface area contributed by atoms with Crippen molar-refractivity contribution in [3.63, 3.8) is 0 Å². The van der Waals surface area contributed by atoms with Crippen molar-refractivity contribution in [1.82, 2.24) is 4.90 Å². The second-order valence-electron chi connectivity index (χ2n) is 5.43. The zero-order valence-electron chi connectivity index (χ0n) is 11.9. The highest BCUT2D eigenvalue weighted by Crippen LogP contribution is 2.33. The van der Waals surface area contributed by atoms with Gasteiger partial charge in [-0.2, -0.15) is 0 Å². The van der Waals surface area contributed by atoms with Crippen LogP contribution < -0.4 is 4.74 Å². The number of ether oxygens (including phenoxy) is 1. The molecule has 0 spiro atoms. The molecule has 0 fully saturated rings. The molecular formula is C17H21NO2. The van der Waals surface area contributed by atoms with E-state index in [4.69, 9.17) is 4.74 Å². The van der Waals surface area contributed by atoms with Crippen LogP contribution in [-0.2, 0) is 6.54 Å². The number of aliphatic hydroxyl groups excluding tert-OH is 1. The van der Waals surface area contributed by atoms with Gasteiger partial charge in [0, 0.05) is 24.2 Å². The molecule has 2 heterocycles. The number of fused-ring (bicyclic) bond motifs is 2. The average molecular weight is 271 g/mol. The summed E-state index contributed by atoms with van der Waals surface area (Å²) in [6.45, 7) is 3.83. The fourth-order valence-corrected chi connectivity index (χ4v) is 2.82. The second kappa shape index (κ2) is 5.71. The van der Waals surface area contributed by atoms with Crippen LogP contribution in [0.3, 0.4) is 0 Å². The number of rotatable bonds is 4. The van der Waals surface area contributed by atoms with Gasteiger partial charge in [-0.05, 0) is 12.5 Å². The van der Waals surface area contributed by atoms with E-state index in [1.165, 1.54) is 5.56 Å². The number of unbranched alkanes of at least 4 members (excludes halogenated alkanes) is 1. The van der Waals surface area contributed by atoms with Gasteiger partial charge >= 0.3 is 0 Å². The van der Waals surface area contributed by atoms with Crippen molar-refractivity contribution in [2.75, 3.05) is 6.54 Å². The lowest BCUT2D eigenvalue weighted by atomic mass is 10.0. The van der Waals surface area contributed by atoms with E-state index in [0.717, 1.165) is 49.4 Å². The molecule has 0 bridgehead atoms. The first-order valence-electron chi connectivity index (χ1n) is 7.37. The molecule has 0 saturated carbocycles. The van der Waals surface area contributed by atoms with Gasteiger partial charge in [-0.25, -0.2) is 0 Å². The minimum absolute atomic E-state index is 0.379. The van der Waals surface area contributed by atoms with E-state index in [1.54, 1.807) is 6.26 Å². The third-order valence-electron chi connectivity index (χ3n) is 3.99. The molecule has 1 unspecified atom stereocenters. The Hall–Kier alpha value is -1.74. The van der Waals surface area contributed by atoms with Gasteiger partial charge in [0.15, 0.2) is 0 Å². The summed E-state index contributed by atoms with van der Waals surface area (Å²) in [6.07, 6.45) is 6.52. The minimum Gasteiger partial charge on any atom is -0.462 e. The molecule has 0 aromatic heterocycles. The fraction of sp³-hybridized carbons (Fsp3) is 0.412. The van der Waals surface area contributed by atoms with Gasteiger partial charge < -0.3 is 14.7 Å². The summed E-state index contributed by atoms with van der Waals surface area (Å²) in [5.74, 6) is 0.914. The Morgan fingerprint density at radius 3 is 3.05 bits per heavy atom. The monoisotopic (exact) mass is 271 g/mol. The lowest BCUT2D eigenvalue weighted by Gasteiger charge is -2.21. The number of benzene rings is 1. The Bertz CT molecular complexity index is 548. The van der Waals surface area contributed by atoms with Gasteiger partial charge in [0.2, 0.25) is 0 Å². The van der Waals surface area contributed by atoms with Crippen LogP contribution in [0.15, 0.2) is 47.9 Å². The third-order valence-corrected chi connectivity index (χ3v) is 3.99. The van der Waals surface area contributed by atoms with Crippen LogP contribution in [0.4, 0.5) is 0 Å². The van der Waals surface area contributed by atoms with Crippen molar-refractivity contribution in [2.45, 2.75) is 38.8 Å². The van der Waals surface area contributed by atoms with Crippen LogP contribution in [0.2, 0.25) is 0 Å². The molecule has 0 saturated heterocycles. The molecule has 20 heavy (non-hydrogen) atoms. The third kappa shape index (κ3) is 2.46. The van der Waals surface area contributed by atoms with Crippen molar-refractivity contribution >= 4 is 0 Å². The quantitative estimate of drug-likeness (QED) is 0.912. The Morgan fingerprint density at radius 2 is 2.20 bits per heavy atom. The topological polar surface area (TPSA) is 32.7 Å². The molecule has 0 aliphatic carbocycles. The van der Waals surface area contributed by atoms with Crippen molar-refractivity contribution < 1.29 is 9.84 Å². The predicted molar refractivity (Wildman–Crippen MR) is 79.2 cm³/mol. The van der Waals surface area contributed by atoms with Crippen LogP contribution >= 0.6 is 0 Å². The number of para-hydroxylation sites is 1. The number of nitrogens with zero attached hydrogens (tertiary/aromatic N) is 1. The molecule has 106 valence electrons. The summed E-state index contributed by atoms with van der Waals surface area (Å²) in [5, 5.41) is 10.3. The van der Waals surface area contributed by atoms with E-state index in [2.05, 4.69) is 24.0 Å². The van der Waals surface area contributed by atoms with Crippen molar-refractivity contribution in [3.8, 4) is 5.75 Å². The molecule has 1 atom stereocenters. The van der Waals surface area contributed by atoms with Crippen molar-refractivity contribution in [2.24, 2.45) is 0 Å². The number of hydrogen-bond acceptors (Lipinski definition) is 3. The summed E-state index contributed by atoms with van der Waals surface area (Å²) < 4.78 is 5.79. The maximum Gasteiger partial charge on any atom is 0.131 e. The van der Waals surface area contributed by atoms with E-state index in [-0.39, 0.29) is 6.10 Å². The Morgan fingerprint density at radius 1 is 1.35 bits per heavy atom. The summed E-state index contributed by atoms with van der Waals surface area (Å²) in [5.41, 5.74) is 3.24. The van der Waals surface area contributed by atoms with E-state index >= 15 is 0 Å². The lowest BCUT2D eigenvalue weighted by Crippen LogP contribution is -2.20. The Labute approximate surface area is 120 Å². The van der Waals surface area contributed by atoms with Crippen LogP contribution in [0.1, 0.15) is 31.7 Å². The highest BCUT2D eigenvalue weighted by Gasteiger charge is 2.27. The SMILES string of the molecule is CCCCC(O)C1=CCN2Cc3ccccc3OC=C12. The summed E-state index contributed by atoms with van der Waals surface area (Å²) >= 11 is 0. The first kappa shape index (κ1) is 13.3. The molecule has 1 N–H and O–H groups in total. The number of hydrogen-bond donors (Lipinski definition) is 1. The van der Waals surface area contributed by atoms with Crippen LogP contribution in [0, 0.1) is 0 Å². The van der Waals surface area contributed by atoms with Crippen molar-refractivity contribution in [1.29, 1.82) is 0 Å². The van der Waals surface area contributed by atoms with Gasteiger partial charge in [-0.1, -0.05) is 44.0 Å². The summed E-state index contributed by atoms with van der Waals surface area (Å²) in [6, 6.07) is 8.11. The van der Waals surface area contributed by atoms with Crippen molar-refractivity contribution in [3.05, 3.63) is 53.4 Å². The zero-order valence-corrected chi connectivity index (χ0v) is 11.9. The number of aliphatic hydroxyl groups is 1. The maximum atomic E-state index is 10.3.